The van der Waals surface area contributed by atoms with Crippen LogP contribution in [0.1, 0.15) is 18.9 Å². The van der Waals surface area contributed by atoms with Crippen LogP contribution in [0.5, 0.6) is 0 Å². The Morgan fingerprint density at radius 2 is 1.94 bits per heavy atom. The third-order valence-corrected chi connectivity index (χ3v) is 4.00. The lowest BCUT2D eigenvalue weighted by atomic mass is 10.2. The molecule has 0 fully saturated rings. The second-order valence-electron chi connectivity index (χ2n) is 5.10. The summed E-state index contributed by atoms with van der Waals surface area (Å²) in [6.45, 7) is 7.73. The van der Waals surface area contributed by atoms with Crippen molar-refractivity contribution in [2.75, 3.05) is 0 Å². The Labute approximate surface area is 107 Å². The zero-order valence-electron chi connectivity index (χ0n) is 11.1. The topological polar surface area (TPSA) is 65.7 Å². The van der Waals surface area contributed by atoms with E-state index in [4.69, 9.17) is 4.42 Å². The van der Waals surface area contributed by atoms with Gasteiger partial charge in [-0.1, -0.05) is 19.6 Å². The number of rotatable bonds is 4. The van der Waals surface area contributed by atoms with E-state index in [1.807, 2.05) is 6.07 Å². The van der Waals surface area contributed by atoms with Crippen molar-refractivity contribution in [1.29, 1.82) is 0 Å². The van der Waals surface area contributed by atoms with Gasteiger partial charge >= 0.3 is 11.9 Å². The number of furan rings is 1. The van der Waals surface area contributed by atoms with Crippen molar-refractivity contribution in [3.8, 4) is 0 Å². The van der Waals surface area contributed by atoms with Crippen LogP contribution in [0, 0.1) is 0 Å². The lowest BCUT2D eigenvalue weighted by Crippen LogP contribution is -2.36. The molecule has 1 rings (SSSR count). The van der Waals surface area contributed by atoms with Gasteiger partial charge in [-0.05, 0) is 18.1 Å². The fourth-order valence-electron chi connectivity index (χ4n) is 1.29. The van der Waals surface area contributed by atoms with E-state index in [9.17, 15) is 9.59 Å². The Kier molecular flexibility index (Phi) is 4.72. The summed E-state index contributed by atoms with van der Waals surface area (Å²) < 4.78 is 5.48. The van der Waals surface area contributed by atoms with Gasteiger partial charge in [0, 0.05) is 6.92 Å². The van der Waals surface area contributed by atoms with E-state index in [1.165, 1.54) is 6.92 Å². The van der Waals surface area contributed by atoms with E-state index in [-0.39, 0.29) is 6.42 Å². The molecule has 0 spiro atoms. The van der Waals surface area contributed by atoms with Gasteiger partial charge in [0.15, 0.2) is 0 Å². The van der Waals surface area contributed by atoms with Gasteiger partial charge in [-0.15, -0.1) is 0 Å². The predicted octanol–water partition coefficient (Wildman–Crippen LogP) is 1.78. The predicted molar refractivity (Wildman–Crippen MR) is 67.9 cm³/mol. The maximum atomic E-state index is 11.2. The zero-order valence-corrected chi connectivity index (χ0v) is 12.1. The Morgan fingerprint density at radius 1 is 1.28 bits per heavy atom. The summed E-state index contributed by atoms with van der Waals surface area (Å²) in [6.07, 6.45) is 2.32. The van der Waals surface area contributed by atoms with Gasteiger partial charge in [-0.2, -0.15) is 0 Å². The van der Waals surface area contributed by atoms with Crippen LogP contribution in [0.2, 0.25) is 19.6 Å². The number of aryl methyl sites for hydroxylation is 1. The van der Waals surface area contributed by atoms with E-state index >= 15 is 0 Å². The highest BCUT2D eigenvalue weighted by atomic mass is 28.3. The van der Waals surface area contributed by atoms with Crippen molar-refractivity contribution < 1.29 is 23.8 Å². The Balaban J connectivity index is 2.42. The monoisotopic (exact) mass is 270 g/mol. The molecule has 0 atom stereocenters. The lowest BCUT2D eigenvalue weighted by molar-refractivity contribution is -0.257. The molecule has 0 radical (unpaired) electrons. The summed E-state index contributed by atoms with van der Waals surface area (Å²) in [4.78, 5) is 30.1. The van der Waals surface area contributed by atoms with Crippen LogP contribution in [0.3, 0.4) is 0 Å². The fourth-order valence-corrected chi connectivity index (χ4v) is 2.32. The quantitative estimate of drug-likeness (QED) is 0.474. The van der Waals surface area contributed by atoms with Crippen LogP contribution >= 0.6 is 0 Å². The highest BCUT2D eigenvalue weighted by Crippen LogP contribution is 2.09. The minimum atomic E-state index is -1.45. The molecule has 18 heavy (non-hydrogen) atoms. The lowest BCUT2D eigenvalue weighted by Gasteiger charge is -2.10. The van der Waals surface area contributed by atoms with E-state index < -0.39 is 20.0 Å². The van der Waals surface area contributed by atoms with Crippen molar-refractivity contribution in [3.05, 3.63) is 17.9 Å². The second-order valence-corrected chi connectivity index (χ2v) is 10.1. The van der Waals surface area contributed by atoms with Crippen LogP contribution < -0.4 is 5.38 Å². The average Bonchev–Trinajstić information content (AvgIpc) is 2.71. The molecule has 5 nitrogen and oxygen atoms in total. The highest BCUT2D eigenvalue weighted by Gasteiger charge is 2.21. The molecule has 0 unspecified atom stereocenters. The summed E-state index contributed by atoms with van der Waals surface area (Å²) in [6, 6.07) is 1.98. The molecule has 0 saturated heterocycles. The minimum absolute atomic E-state index is 0.151. The van der Waals surface area contributed by atoms with Crippen molar-refractivity contribution in [2.24, 2.45) is 0 Å². The molecular weight excluding hydrogens is 252 g/mol. The third-order valence-electron chi connectivity index (χ3n) is 2.26. The summed E-state index contributed by atoms with van der Waals surface area (Å²) in [5.41, 5.74) is 0.951. The molecule has 0 bridgehead atoms. The van der Waals surface area contributed by atoms with E-state index in [1.54, 1.807) is 6.26 Å². The number of hydrogen-bond acceptors (Lipinski definition) is 5. The summed E-state index contributed by atoms with van der Waals surface area (Å²) in [5, 5.41) is 1.01. The van der Waals surface area contributed by atoms with Gasteiger partial charge in [0.1, 0.15) is 8.07 Å². The van der Waals surface area contributed by atoms with Crippen molar-refractivity contribution >= 4 is 25.4 Å². The SMILES string of the molecule is CC(=O)OOC(=O)CCc1coc([Si](C)(C)C)c1. The molecule has 0 aliphatic heterocycles. The van der Waals surface area contributed by atoms with Crippen LogP contribution in [-0.2, 0) is 25.8 Å². The van der Waals surface area contributed by atoms with Crippen LogP contribution in [0.4, 0.5) is 0 Å². The molecule has 0 aliphatic carbocycles. The van der Waals surface area contributed by atoms with Gasteiger partial charge in [0.2, 0.25) is 0 Å². The summed E-state index contributed by atoms with van der Waals surface area (Å²) in [5.74, 6) is -1.21. The maximum absolute atomic E-state index is 11.2. The van der Waals surface area contributed by atoms with Gasteiger partial charge < -0.3 is 4.42 Å². The van der Waals surface area contributed by atoms with Gasteiger partial charge in [0.25, 0.3) is 0 Å². The Hall–Kier alpha value is -1.56. The minimum Gasteiger partial charge on any atom is -0.474 e. The molecule has 1 aromatic heterocycles. The Bertz CT molecular complexity index is 430. The summed E-state index contributed by atoms with van der Waals surface area (Å²) >= 11 is 0. The molecule has 6 heteroatoms. The average molecular weight is 270 g/mol. The molecule has 1 heterocycles. The zero-order chi connectivity index (χ0) is 13.8. The first-order valence-electron chi connectivity index (χ1n) is 5.75. The molecule has 0 amide bonds. The van der Waals surface area contributed by atoms with Crippen molar-refractivity contribution in [3.63, 3.8) is 0 Å². The highest BCUT2D eigenvalue weighted by molar-refractivity contribution is 6.87. The molecule has 0 saturated carbocycles. The molecular formula is C12H18O5Si. The number of carbonyl (C=O) groups is 2. The number of hydrogen-bond donors (Lipinski definition) is 0. The summed E-state index contributed by atoms with van der Waals surface area (Å²) in [7, 11) is -1.45. The molecule has 0 aromatic carbocycles. The first-order chi connectivity index (χ1) is 8.29. The largest absolute Gasteiger partial charge is 0.474 e. The first kappa shape index (κ1) is 14.5. The van der Waals surface area contributed by atoms with Crippen molar-refractivity contribution in [2.45, 2.75) is 39.4 Å². The second kappa shape index (κ2) is 5.86. The van der Waals surface area contributed by atoms with E-state index in [2.05, 4.69) is 29.4 Å². The van der Waals surface area contributed by atoms with Crippen LogP contribution in [0.15, 0.2) is 16.7 Å². The van der Waals surface area contributed by atoms with Gasteiger partial charge in [-0.25, -0.2) is 19.4 Å². The maximum Gasteiger partial charge on any atom is 0.355 e. The van der Waals surface area contributed by atoms with E-state index in [0.29, 0.717) is 6.42 Å². The van der Waals surface area contributed by atoms with Crippen LogP contribution in [0.25, 0.3) is 0 Å². The van der Waals surface area contributed by atoms with Gasteiger partial charge in [-0.3, -0.25) is 0 Å². The Morgan fingerprint density at radius 3 is 2.44 bits per heavy atom. The first-order valence-corrected chi connectivity index (χ1v) is 9.25. The molecule has 1 aromatic rings. The molecule has 0 N–H and O–H groups in total. The van der Waals surface area contributed by atoms with Crippen LogP contribution in [-0.4, -0.2) is 20.0 Å². The fraction of sp³-hybridized carbons (Fsp3) is 0.500. The smallest absolute Gasteiger partial charge is 0.355 e. The van der Waals surface area contributed by atoms with Gasteiger partial charge in [0.05, 0.1) is 18.1 Å². The third kappa shape index (κ3) is 4.75. The number of carbonyl (C=O) groups excluding carboxylic acids is 2. The standard InChI is InChI=1S/C12H18O5Si/c1-9(13)16-17-11(14)6-5-10-7-12(15-8-10)18(2,3)4/h7-8H,5-6H2,1-4H3. The van der Waals surface area contributed by atoms with E-state index in [0.717, 1.165) is 10.9 Å². The molecule has 0 aliphatic rings. The van der Waals surface area contributed by atoms with Crippen molar-refractivity contribution in [1.82, 2.24) is 0 Å². The normalized spacial score (nSPS) is 11.1. The molecule has 100 valence electrons.